The highest BCUT2D eigenvalue weighted by Crippen LogP contribution is 2.66. The van der Waals surface area contributed by atoms with E-state index >= 15 is 0 Å². The first kappa shape index (κ1) is 34.6. The summed E-state index contributed by atoms with van der Waals surface area (Å²) in [5.74, 6) is -4.82. The van der Waals surface area contributed by atoms with Crippen molar-refractivity contribution < 1.29 is 71.0 Å². The third-order valence-corrected chi connectivity index (χ3v) is 9.77. The van der Waals surface area contributed by atoms with E-state index in [4.69, 9.17) is 30.3 Å². The van der Waals surface area contributed by atoms with E-state index < -0.39 is 41.4 Å². The third-order valence-electron chi connectivity index (χ3n) is 9.77. The Bertz CT molecular complexity index is 1470. The number of aliphatic carboxylic acids is 2. The smallest absolute Gasteiger partial charge is 0.490 e. The lowest BCUT2D eigenvalue weighted by Crippen LogP contribution is -2.75. The predicted molar refractivity (Wildman–Crippen MR) is 146 cm³/mol. The second-order valence-electron chi connectivity index (χ2n) is 12.7. The highest BCUT2D eigenvalue weighted by atomic mass is 19.4. The molecular weight excluding hydrogens is 648 g/mol. The number of nitrogens with two attached hydrogens (primary N) is 1. The van der Waals surface area contributed by atoms with Crippen LogP contribution >= 0.6 is 0 Å². The first-order chi connectivity index (χ1) is 21.7. The van der Waals surface area contributed by atoms with Gasteiger partial charge in [0.15, 0.2) is 17.6 Å². The van der Waals surface area contributed by atoms with Gasteiger partial charge in [-0.2, -0.15) is 26.3 Å². The van der Waals surface area contributed by atoms with E-state index in [0.29, 0.717) is 37.6 Å². The molecule has 0 unspecified atom stereocenters. The minimum absolute atomic E-state index is 0.0185. The first-order valence-corrected chi connectivity index (χ1v) is 14.8. The Hall–Kier alpha value is -3.77. The van der Waals surface area contributed by atoms with Gasteiger partial charge in [0.2, 0.25) is 0 Å². The van der Waals surface area contributed by atoms with Gasteiger partial charge in [-0.25, -0.2) is 9.59 Å². The van der Waals surface area contributed by atoms with Crippen molar-refractivity contribution >= 4 is 17.8 Å². The number of rotatable bonds is 3. The van der Waals surface area contributed by atoms with Gasteiger partial charge in [-0.1, -0.05) is 6.07 Å². The summed E-state index contributed by atoms with van der Waals surface area (Å²) in [7, 11) is 0. The van der Waals surface area contributed by atoms with Crippen molar-refractivity contribution in [3.05, 3.63) is 34.6 Å². The van der Waals surface area contributed by atoms with E-state index in [9.17, 15) is 46.5 Å². The molecule has 18 heteroatoms. The number of alkyl halides is 6. The van der Waals surface area contributed by atoms with E-state index in [1.807, 2.05) is 6.07 Å². The number of hydrogen-bond acceptors (Lipinski definition) is 9. The second kappa shape index (κ2) is 11.7. The maximum atomic E-state index is 13.5. The molecule has 47 heavy (non-hydrogen) atoms. The molecule has 1 saturated carbocycles. The van der Waals surface area contributed by atoms with Gasteiger partial charge in [0.25, 0.3) is 5.91 Å². The number of hydrogen-bond donors (Lipinski definition) is 6. The number of carbonyl (C=O) groups is 3. The Morgan fingerprint density at radius 2 is 1.57 bits per heavy atom. The number of aliphatic hydroxyl groups excluding tert-OH is 1. The summed E-state index contributed by atoms with van der Waals surface area (Å²) in [6, 6.07) is 3.34. The molecule has 7 N–H and O–H groups in total. The average molecular weight is 682 g/mol. The van der Waals surface area contributed by atoms with Gasteiger partial charge < -0.3 is 40.9 Å². The van der Waals surface area contributed by atoms with Crippen LogP contribution in [0.2, 0.25) is 0 Å². The molecule has 1 aromatic rings. The molecule has 7 rings (SSSR count). The van der Waals surface area contributed by atoms with Crippen LogP contribution in [0.1, 0.15) is 43.2 Å². The van der Waals surface area contributed by atoms with Gasteiger partial charge in [0.05, 0.1) is 16.6 Å². The molecule has 260 valence electrons. The van der Waals surface area contributed by atoms with Crippen molar-refractivity contribution in [1.29, 1.82) is 0 Å². The quantitative estimate of drug-likeness (QED) is 0.256. The van der Waals surface area contributed by atoms with Crippen LogP contribution in [0.25, 0.3) is 0 Å². The third kappa shape index (κ3) is 5.94. The molecule has 2 bridgehead atoms. The molecular formula is C29H33F6N3O9. The fraction of sp³-hybridized carbons (Fsp3) is 0.621. The van der Waals surface area contributed by atoms with Crippen LogP contribution in [-0.2, 0) is 26.2 Å². The Labute approximate surface area is 263 Å². The number of phenols is 1. The molecule has 1 amide bonds. The van der Waals surface area contributed by atoms with Gasteiger partial charge in [-0.15, -0.1) is 0 Å². The number of phenolic OH excluding ortho intramolecular Hbond substituents is 1. The lowest BCUT2D eigenvalue weighted by molar-refractivity contribution is -0.193. The number of nitrogens with zero attached hydrogens (tertiary/aromatic N) is 2. The highest BCUT2D eigenvalue weighted by molar-refractivity contribution is 5.95. The monoisotopic (exact) mass is 681 g/mol. The molecule has 3 aliphatic carbocycles. The Morgan fingerprint density at radius 1 is 0.979 bits per heavy atom. The lowest BCUT2D eigenvalue weighted by Gasteiger charge is -2.62. The summed E-state index contributed by atoms with van der Waals surface area (Å²) in [5.41, 5.74) is 6.04. The number of carboxylic acids is 2. The molecule has 2 saturated heterocycles. The molecule has 1 spiro atoms. The van der Waals surface area contributed by atoms with Crippen LogP contribution in [0, 0.1) is 5.92 Å². The summed E-state index contributed by atoms with van der Waals surface area (Å²) in [4.78, 5) is 35.4. The maximum absolute atomic E-state index is 13.5. The zero-order valence-electron chi connectivity index (χ0n) is 24.6. The largest absolute Gasteiger partial charge is 0.508 e. The number of carbonyl (C=O) groups excluding carboxylic acids is 1. The number of ether oxygens (including phenoxy) is 1. The summed E-state index contributed by atoms with van der Waals surface area (Å²) >= 11 is 0. The SMILES string of the molecule is N[C@@H]1CCN(C(=O)C2=C(O)[C@@H]3Oc4c(O)ccc5c4[C@@]34CCN(CC3CC3)[C@H](C5)[C@]4(O)C2)C1.O=C(O)C(F)(F)F.O=C(O)C(F)(F)F. The van der Waals surface area contributed by atoms with Gasteiger partial charge in [0.1, 0.15) is 5.76 Å². The maximum Gasteiger partial charge on any atom is 0.490 e. The molecule has 0 aromatic heterocycles. The Morgan fingerprint density at radius 3 is 2.09 bits per heavy atom. The van der Waals surface area contributed by atoms with E-state index in [1.54, 1.807) is 11.0 Å². The zero-order chi connectivity index (χ0) is 34.9. The normalized spacial score (nSPS) is 30.7. The van der Waals surface area contributed by atoms with Gasteiger partial charge in [-0.3, -0.25) is 9.69 Å². The van der Waals surface area contributed by atoms with Gasteiger partial charge in [-0.05, 0) is 56.2 Å². The van der Waals surface area contributed by atoms with Crippen molar-refractivity contribution in [3.8, 4) is 11.5 Å². The molecule has 0 radical (unpaired) electrons. The molecule has 3 fully saturated rings. The van der Waals surface area contributed by atoms with Gasteiger partial charge in [0, 0.05) is 43.7 Å². The number of aliphatic hydroxyl groups is 2. The lowest BCUT2D eigenvalue weighted by atomic mass is 9.49. The predicted octanol–water partition coefficient (Wildman–Crippen LogP) is 2.20. The molecule has 1 aromatic carbocycles. The van der Waals surface area contributed by atoms with Crippen LogP contribution < -0.4 is 10.5 Å². The molecule has 3 heterocycles. The van der Waals surface area contributed by atoms with Crippen molar-refractivity contribution in [2.75, 3.05) is 26.2 Å². The van der Waals surface area contributed by atoms with Gasteiger partial charge >= 0.3 is 24.3 Å². The fourth-order valence-electron chi connectivity index (χ4n) is 7.52. The number of amides is 1. The second-order valence-corrected chi connectivity index (χ2v) is 12.7. The Balaban J connectivity index is 0.000000262. The van der Waals surface area contributed by atoms with E-state index in [0.717, 1.165) is 30.6 Å². The molecule has 3 aliphatic heterocycles. The zero-order valence-corrected chi connectivity index (χ0v) is 24.6. The summed E-state index contributed by atoms with van der Waals surface area (Å²) in [6.07, 6.45) is -6.52. The number of likely N-dealkylation sites (tertiary alicyclic amines) is 2. The van der Waals surface area contributed by atoms with Crippen molar-refractivity contribution in [1.82, 2.24) is 9.80 Å². The number of halogens is 6. The number of benzene rings is 1. The standard InChI is InChI=1S/C25H31N3O5.2C2HF3O2/c26-15-5-7-28(12-15)23(31)16-10-25(32)18-9-14-3-4-17(29)21-19(14)24(25,22(33-21)20(16)30)6-8-27(18)11-13-1-2-13;2*3-2(4,5)1(6)7/h3-4,13,15,18,22,29-30,32H,1-2,5-12,26H2;2*(H,6,7)/t15-,18-,22+,24+,25-;;/m1../s1. The number of carboxylic acid groups (broad SMARTS) is 2. The van der Waals surface area contributed by atoms with Crippen LogP contribution in [0.5, 0.6) is 11.5 Å². The van der Waals surface area contributed by atoms with Crippen molar-refractivity contribution in [3.63, 3.8) is 0 Å². The van der Waals surface area contributed by atoms with Crippen molar-refractivity contribution in [2.45, 2.75) is 80.1 Å². The molecule has 5 atom stereocenters. The topological polar surface area (TPSA) is 194 Å². The summed E-state index contributed by atoms with van der Waals surface area (Å²) in [6.45, 7) is 2.76. The minimum Gasteiger partial charge on any atom is -0.508 e. The summed E-state index contributed by atoms with van der Waals surface area (Å²) in [5, 5.41) is 48.9. The average Bonchev–Trinajstić information content (AvgIpc) is 3.55. The molecule has 12 nitrogen and oxygen atoms in total. The van der Waals surface area contributed by atoms with E-state index in [-0.39, 0.29) is 41.5 Å². The molecule has 6 aliphatic rings. The van der Waals surface area contributed by atoms with E-state index in [2.05, 4.69) is 4.90 Å². The summed E-state index contributed by atoms with van der Waals surface area (Å²) < 4.78 is 69.7. The number of piperidine rings is 1. The number of aromatic hydroxyl groups is 1. The van der Waals surface area contributed by atoms with E-state index in [1.165, 1.54) is 12.8 Å². The van der Waals surface area contributed by atoms with Crippen LogP contribution in [0.3, 0.4) is 0 Å². The van der Waals surface area contributed by atoms with Crippen LogP contribution in [0.4, 0.5) is 26.3 Å². The minimum atomic E-state index is -5.08. The van der Waals surface area contributed by atoms with Crippen LogP contribution in [0.15, 0.2) is 23.5 Å². The van der Waals surface area contributed by atoms with Crippen molar-refractivity contribution in [2.24, 2.45) is 11.7 Å². The first-order valence-electron chi connectivity index (χ1n) is 14.8. The fourth-order valence-corrected chi connectivity index (χ4v) is 7.52. The highest BCUT2D eigenvalue weighted by Gasteiger charge is 2.73. The van der Waals surface area contributed by atoms with Crippen LogP contribution in [-0.4, -0.2) is 115 Å². The Kier molecular flexibility index (Phi) is 8.63.